The van der Waals surface area contributed by atoms with Crippen LogP contribution in [0.25, 0.3) is 0 Å². The second-order valence-electron chi connectivity index (χ2n) is 5.30. The summed E-state index contributed by atoms with van der Waals surface area (Å²) in [4.78, 5) is 2.67. The van der Waals surface area contributed by atoms with Crippen molar-refractivity contribution in [3.63, 3.8) is 0 Å². The van der Waals surface area contributed by atoms with Gasteiger partial charge >= 0.3 is 0 Å². The quantitative estimate of drug-likeness (QED) is 0.770. The number of rotatable bonds is 4. The lowest BCUT2D eigenvalue weighted by atomic mass is 9.98. The van der Waals surface area contributed by atoms with Gasteiger partial charge in [-0.05, 0) is 46.2 Å². The van der Waals surface area contributed by atoms with Crippen molar-refractivity contribution in [2.45, 2.75) is 65.0 Å². The van der Waals surface area contributed by atoms with E-state index in [-0.39, 0.29) is 0 Å². The average Bonchev–Trinajstić information content (AvgIpc) is 2.37. The summed E-state index contributed by atoms with van der Waals surface area (Å²) in [6, 6.07) is 0.748. The molecule has 0 aromatic carbocycles. The second-order valence-corrected chi connectivity index (χ2v) is 5.30. The molecule has 0 amide bonds. The highest BCUT2D eigenvalue weighted by molar-refractivity contribution is 4.90. The van der Waals surface area contributed by atoms with Gasteiger partial charge in [0.25, 0.3) is 0 Å². The van der Waals surface area contributed by atoms with E-state index in [1.165, 1.54) is 45.3 Å². The van der Waals surface area contributed by atoms with E-state index in [4.69, 9.17) is 0 Å². The Morgan fingerprint density at radius 3 is 2.73 bits per heavy atom. The summed E-state index contributed by atoms with van der Waals surface area (Å²) in [5, 5.41) is 3.70. The van der Waals surface area contributed by atoms with Crippen molar-refractivity contribution in [3.8, 4) is 0 Å². The molecule has 1 rings (SSSR count). The molecule has 0 spiro atoms. The van der Waals surface area contributed by atoms with Crippen LogP contribution in [0.4, 0.5) is 0 Å². The molecule has 15 heavy (non-hydrogen) atoms. The van der Waals surface area contributed by atoms with Crippen LogP contribution < -0.4 is 5.32 Å². The predicted octanol–water partition coefficient (Wildman–Crippen LogP) is 2.64. The lowest BCUT2D eigenvalue weighted by Crippen LogP contribution is -2.49. The lowest BCUT2D eigenvalue weighted by molar-refractivity contribution is 0.169. The predicted molar refractivity (Wildman–Crippen MR) is 67.3 cm³/mol. The topological polar surface area (TPSA) is 15.3 Å². The van der Waals surface area contributed by atoms with E-state index >= 15 is 0 Å². The molecule has 0 aliphatic carbocycles. The first-order chi connectivity index (χ1) is 7.11. The molecule has 1 aliphatic rings. The van der Waals surface area contributed by atoms with Crippen molar-refractivity contribution in [2.24, 2.45) is 0 Å². The second kappa shape index (κ2) is 5.86. The van der Waals surface area contributed by atoms with E-state index in [9.17, 15) is 0 Å². The molecule has 1 fully saturated rings. The van der Waals surface area contributed by atoms with Gasteiger partial charge in [-0.3, -0.25) is 4.90 Å². The Morgan fingerprint density at radius 1 is 1.40 bits per heavy atom. The van der Waals surface area contributed by atoms with Crippen molar-refractivity contribution in [1.82, 2.24) is 10.2 Å². The number of hydrogen-bond acceptors (Lipinski definition) is 2. The fourth-order valence-electron chi connectivity index (χ4n) is 2.32. The SMILES string of the molecule is CCCCN1CC(C)(CC)NCCC1C. The van der Waals surface area contributed by atoms with Crippen LogP contribution >= 0.6 is 0 Å². The Labute approximate surface area is 95.4 Å². The first-order valence-electron chi connectivity index (χ1n) is 6.60. The first-order valence-corrected chi connectivity index (χ1v) is 6.60. The van der Waals surface area contributed by atoms with Crippen LogP contribution in [0.3, 0.4) is 0 Å². The Balaban J connectivity index is 2.56. The van der Waals surface area contributed by atoms with Crippen LogP contribution in [0.2, 0.25) is 0 Å². The zero-order valence-electron chi connectivity index (χ0n) is 11.0. The Morgan fingerprint density at radius 2 is 2.13 bits per heavy atom. The monoisotopic (exact) mass is 212 g/mol. The summed E-state index contributed by atoms with van der Waals surface area (Å²) in [6.45, 7) is 13.0. The maximum absolute atomic E-state index is 3.70. The summed E-state index contributed by atoms with van der Waals surface area (Å²) < 4.78 is 0. The van der Waals surface area contributed by atoms with Crippen molar-refractivity contribution in [1.29, 1.82) is 0 Å². The summed E-state index contributed by atoms with van der Waals surface area (Å²) >= 11 is 0. The number of unbranched alkanes of at least 4 members (excludes halogenated alkanes) is 1. The zero-order valence-corrected chi connectivity index (χ0v) is 11.0. The van der Waals surface area contributed by atoms with Crippen LogP contribution in [-0.2, 0) is 0 Å². The van der Waals surface area contributed by atoms with E-state index in [1.807, 2.05) is 0 Å². The number of hydrogen-bond donors (Lipinski definition) is 1. The third kappa shape index (κ3) is 3.76. The smallest absolute Gasteiger partial charge is 0.0277 e. The van der Waals surface area contributed by atoms with Crippen LogP contribution in [-0.4, -0.2) is 36.1 Å². The third-order valence-corrected chi connectivity index (χ3v) is 3.87. The maximum Gasteiger partial charge on any atom is 0.0277 e. The highest BCUT2D eigenvalue weighted by atomic mass is 15.2. The molecule has 2 unspecified atom stereocenters. The van der Waals surface area contributed by atoms with Gasteiger partial charge in [-0.1, -0.05) is 20.3 Å². The molecule has 1 heterocycles. The van der Waals surface area contributed by atoms with Gasteiger partial charge in [0.05, 0.1) is 0 Å². The molecule has 0 bridgehead atoms. The minimum atomic E-state index is 0.332. The highest BCUT2D eigenvalue weighted by Crippen LogP contribution is 2.19. The molecule has 2 heteroatoms. The molecule has 0 aromatic rings. The number of nitrogens with one attached hydrogen (secondary N) is 1. The Bertz CT molecular complexity index is 181. The molecule has 2 nitrogen and oxygen atoms in total. The highest BCUT2D eigenvalue weighted by Gasteiger charge is 2.29. The standard InChI is InChI=1S/C13H28N2/c1-5-7-10-15-11-13(4,6-2)14-9-8-12(15)3/h12,14H,5-11H2,1-4H3. The molecular formula is C13H28N2. The minimum Gasteiger partial charge on any atom is -0.310 e. The van der Waals surface area contributed by atoms with Gasteiger partial charge < -0.3 is 5.32 Å². The Hall–Kier alpha value is -0.0800. The Kier molecular flexibility index (Phi) is 5.07. The summed E-state index contributed by atoms with van der Waals surface area (Å²) in [6.07, 6.45) is 5.16. The molecule has 90 valence electrons. The molecule has 2 atom stereocenters. The third-order valence-electron chi connectivity index (χ3n) is 3.87. The number of nitrogens with zero attached hydrogens (tertiary/aromatic N) is 1. The van der Waals surface area contributed by atoms with Crippen LogP contribution in [0.1, 0.15) is 53.4 Å². The molecule has 0 aromatic heterocycles. The summed E-state index contributed by atoms with van der Waals surface area (Å²) in [5.74, 6) is 0. The van der Waals surface area contributed by atoms with E-state index < -0.39 is 0 Å². The fourth-order valence-corrected chi connectivity index (χ4v) is 2.32. The molecular weight excluding hydrogens is 184 g/mol. The van der Waals surface area contributed by atoms with Gasteiger partial charge in [0.1, 0.15) is 0 Å². The van der Waals surface area contributed by atoms with Crippen molar-refractivity contribution in [2.75, 3.05) is 19.6 Å². The average molecular weight is 212 g/mol. The minimum absolute atomic E-state index is 0.332. The molecule has 0 saturated carbocycles. The van der Waals surface area contributed by atoms with Crippen LogP contribution in [0.5, 0.6) is 0 Å². The lowest BCUT2D eigenvalue weighted by Gasteiger charge is -2.34. The molecule has 1 aliphatic heterocycles. The van der Waals surface area contributed by atoms with Gasteiger partial charge in [-0.25, -0.2) is 0 Å². The first kappa shape index (κ1) is 13.0. The van der Waals surface area contributed by atoms with Gasteiger partial charge in [0.2, 0.25) is 0 Å². The molecule has 0 radical (unpaired) electrons. The van der Waals surface area contributed by atoms with Crippen LogP contribution in [0, 0.1) is 0 Å². The van der Waals surface area contributed by atoms with Gasteiger partial charge in [-0.2, -0.15) is 0 Å². The normalized spacial score (nSPS) is 34.0. The zero-order chi connectivity index (χ0) is 11.3. The maximum atomic E-state index is 3.70. The summed E-state index contributed by atoms with van der Waals surface area (Å²) in [5.41, 5.74) is 0.332. The van der Waals surface area contributed by atoms with Gasteiger partial charge in [0, 0.05) is 18.1 Å². The van der Waals surface area contributed by atoms with E-state index in [0.29, 0.717) is 5.54 Å². The largest absolute Gasteiger partial charge is 0.310 e. The van der Waals surface area contributed by atoms with Gasteiger partial charge in [0.15, 0.2) is 0 Å². The van der Waals surface area contributed by atoms with E-state index in [1.54, 1.807) is 0 Å². The molecule has 1 saturated heterocycles. The van der Waals surface area contributed by atoms with Crippen molar-refractivity contribution in [3.05, 3.63) is 0 Å². The van der Waals surface area contributed by atoms with Crippen molar-refractivity contribution < 1.29 is 0 Å². The van der Waals surface area contributed by atoms with Crippen molar-refractivity contribution >= 4 is 0 Å². The fraction of sp³-hybridized carbons (Fsp3) is 1.00. The summed E-state index contributed by atoms with van der Waals surface area (Å²) in [7, 11) is 0. The van der Waals surface area contributed by atoms with Gasteiger partial charge in [-0.15, -0.1) is 0 Å². The van der Waals surface area contributed by atoms with E-state index in [0.717, 1.165) is 6.04 Å². The van der Waals surface area contributed by atoms with E-state index in [2.05, 4.69) is 37.9 Å². The molecule has 1 N–H and O–H groups in total. The van der Waals surface area contributed by atoms with Crippen LogP contribution in [0.15, 0.2) is 0 Å².